The maximum absolute atomic E-state index is 12.4. The Morgan fingerprint density at radius 3 is 2.53 bits per heavy atom. The van der Waals surface area contributed by atoms with Crippen LogP contribution < -0.4 is 14.2 Å². The number of rotatable bonds is 8. The number of sulfonamides is 1. The van der Waals surface area contributed by atoms with Gasteiger partial charge in [-0.25, -0.2) is 22.9 Å². The molecular weight excluding hydrogens is 428 g/mol. The highest BCUT2D eigenvalue weighted by atomic mass is 32.2. The van der Waals surface area contributed by atoms with Gasteiger partial charge >= 0.3 is 5.97 Å². The van der Waals surface area contributed by atoms with E-state index in [0.717, 1.165) is 10.6 Å². The molecule has 3 rings (SSSR count). The van der Waals surface area contributed by atoms with Gasteiger partial charge in [0.25, 0.3) is 0 Å². The van der Waals surface area contributed by atoms with Crippen molar-refractivity contribution in [3.8, 4) is 22.1 Å². The van der Waals surface area contributed by atoms with E-state index in [-0.39, 0.29) is 22.8 Å². The molecule has 0 radical (unpaired) electrons. The number of nitrogens with zero attached hydrogens (tertiary/aromatic N) is 1. The van der Waals surface area contributed by atoms with Crippen LogP contribution in [-0.4, -0.2) is 40.6 Å². The van der Waals surface area contributed by atoms with Crippen molar-refractivity contribution in [3.05, 3.63) is 59.1 Å². The molecule has 0 aliphatic heterocycles. The predicted octanol–water partition coefficient (Wildman–Crippen LogP) is 3.09. The molecule has 30 heavy (non-hydrogen) atoms. The molecule has 3 aromatic rings. The number of hydrogen-bond acceptors (Lipinski definition) is 8. The van der Waals surface area contributed by atoms with Crippen LogP contribution in [0.1, 0.15) is 16.1 Å². The number of hydrogen-bond donors (Lipinski definition) is 1. The Labute approximate surface area is 178 Å². The lowest BCUT2D eigenvalue weighted by atomic mass is 10.2. The second-order valence-electron chi connectivity index (χ2n) is 5.99. The van der Waals surface area contributed by atoms with Gasteiger partial charge in [0.1, 0.15) is 28.0 Å². The predicted molar refractivity (Wildman–Crippen MR) is 112 cm³/mol. The number of carbonyl (C=O) groups is 1. The highest BCUT2D eigenvalue weighted by Crippen LogP contribution is 2.32. The average Bonchev–Trinajstić information content (AvgIpc) is 3.25. The van der Waals surface area contributed by atoms with Crippen LogP contribution in [0.5, 0.6) is 11.5 Å². The summed E-state index contributed by atoms with van der Waals surface area (Å²) in [5, 5.41) is 2.53. The Morgan fingerprint density at radius 1 is 1.10 bits per heavy atom. The molecule has 2 aromatic carbocycles. The highest BCUT2D eigenvalue weighted by Gasteiger charge is 2.21. The Balaban J connectivity index is 1.75. The zero-order valence-electron chi connectivity index (χ0n) is 16.5. The van der Waals surface area contributed by atoms with E-state index in [1.165, 1.54) is 43.7 Å². The van der Waals surface area contributed by atoms with Gasteiger partial charge in [0, 0.05) is 5.38 Å². The molecule has 0 saturated heterocycles. The average molecular weight is 449 g/mol. The molecular formula is C20H20N2O6S2. The third-order valence-corrected chi connectivity index (χ3v) is 6.56. The van der Waals surface area contributed by atoms with Gasteiger partial charge in [0.15, 0.2) is 0 Å². The van der Waals surface area contributed by atoms with E-state index in [1.54, 1.807) is 12.5 Å². The summed E-state index contributed by atoms with van der Waals surface area (Å²) in [6.45, 7) is -0.0510. The standard InChI is InChI=1S/C20H20N2O6S2/c1-21-30(24,25)18-10-13(8-9-17(18)27-3)20(23)28-11-14-12-29-19(22-14)15-6-4-5-7-16(15)26-2/h4-10,12,21H,11H2,1-3H3. The van der Waals surface area contributed by atoms with Crippen LogP contribution in [0.15, 0.2) is 52.7 Å². The maximum atomic E-state index is 12.4. The first-order valence-corrected chi connectivity index (χ1v) is 11.1. The Hall–Kier alpha value is -2.95. The molecule has 1 N–H and O–H groups in total. The van der Waals surface area contributed by atoms with Gasteiger partial charge in [-0.1, -0.05) is 12.1 Å². The van der Waals surface area contributed by atoms with Gasteiger partial charge in [0.2, 0.25) is 10.0 Å². The molecule has 0 aliphatic carbocycles. The molecule has 1 aromatic heterocycles. The fraction of sp³-hybridized carbons (Fsp3) is 0.200. The molecule has 0 atom stereocenters. The SMILES string of the molecule is CNS(=O)(=O)c1cc(C(=O)OCc2csc(-c3ccccc3OC)n2)ccc1OC. The summed E-state index contributed by atoms with van der Waals surface area (Å²) in [4.78, 5) is 16.8. The van der Waals surface area contributed by atoms with Crippen LogP contribution in [-0.2, 0) is 21.4 Å². The van der Waals surface area contributed by atoms with Crippen LogP contribution in [0.25, 0.3) is 10.6 Å². The van der Waals surface area contributed by atoms with Gasteiger partial charge in [-0.05, 0) is 37.4 Å². The first-order chi connectivity index (χ1) is 14.4. The number of carbonyl (C=O) groups excluding carboxylic acids is 1. The fourth-order valence-corrected chi connectivity index (χ4v) is 4.42. The van der Waals surface area contributed by atoms with Crippen LogP contribution in [0.4, 0.5) is 0 Å². The van der Waals surface area contributed by atoms with Crippen LogP contribution >= 0.6 is 11.3 Å². The first kappa shape index (κ1) is 21.8. The Bertz CT molecular complexity index is 1160. The zero-order chi connectivity index (χ0) is 21.7. The molecule has 158 valence electrons. The summed E-state index contributed by atoms with van der Waals surface area (Å²) in [7, 11) is 0.416. The largest absolute Gasteiger partial charge is 0.496 e. The second kappa shape index (κ2) is 9.24. The van der Waals surface area contributed by atoms with Crippen molar-refractivity contribution in [2.24, 2.45) is 0 Å². The summed E-state index contributed by atoms with van der Waals surface area (Å²) in [5.41, 5.74) is 1.51. The smallest absolute Gasteiger partial charge is 0.338 e. The van der Waals surface area contributed by atoms with Crippen molar-refractivity contribution in [1.29, 1.82) is 0 Å². The molecule has 1 heterocycles. The third-order valence-electron chi connectivity index (χ3n) is 4.20. The molecule has 0 bridgehead atoms. The number of aromatic nitrogens is 1. The number of ether oxygens (including phenoxy) is 3. The highest BCUT2D eigenvalue weighted by molar-refractivity contribution is 7.89. The van der Waals surface area contributed by atoms with Crippen LogP contribution in [0.2, 0.25) is 0 Å². The molecule has 8 nitrogen and oxygen atoms in total. The number of para-hydroxylation sites is 1. The first-order valence-electron chi connectivity index (χ1n) is 8.76. The van der Waals surface area contributed by atoms with Crippen molar-refractivity contribution < 1.29 is 27.4 Å². The molecule has 0 spiro atoms. The van der Waals surface area contributed by atoms with E-state index in [4.69, 9.17) is 14.2 Å². The molecule has 0 saturated carbocycles. The van der Waals surface area contributed by atoms with Crippen LogP contribution in [0, 0.1) is 0 Å². The summed E-state index contributed by atoms with van der Waals surface area (Å²) in [6, 6.07) is 11.6. The maximum Gasteiger partial charge on any atom is 0.338 e. The number of methoxy groups -OCH3 is 2. The monoisotopic (exact) mass is 448 g/mol. The normalized spacial score (nSPS) is 11.2. The lowest BCUT2D eigenvalue weighted by Crippen LogP contribution is -2.20. The molecule has 10 heteroatoms. The Morgan fingerprint density at radius 2 is 1.83 bits per heavy atom. The fourth-order valence-electron chi connectivity index (χ4n) is 2.66. The minimum absolute atomic E-state index is 0.0510. The lowest BCUT2D eigenvalue weighted by molar-refractivity contribution is 0.0468. The van der Waals surface area contributed by atoms with Gasteiger partial charge in [-0.15, -0.1) is 11.3 Å². The number of thiazole rings is 1. The lowest BCUT2D eigenvalue weighted by Gasteiger charge is -2.10. The van der Waals surface area contributed by atoms with Crippen molar-refractivity contribution in [1.82, 2.24) is 9.71 Å². The summed E-state index contributed by atoms with van der Waals surface area (Å²) in [5.74, 6) is 0.158. The third kappa shape index (κ3) is 4.61. The molecule has 0 amide bonds. The molecule has 0 unspecified atom stereocenters. The van der Waals surface area contributed by atoms with Gasteiger partial charge in [0.05, 0.1) is 31.0 Å². The number of nitrogens with one attached hydrogen (secondary N) is 1. The van der Waals surface area contributed by atoms with Crippen molar-refractivity contribution in [2.45, 2.75) is 11.5 Å². The minimum atomic E-state index is -3.80. The Kier molecular flexibility index (Phi) is 6.70. The van der Waals surface area contributed by atoms with Crippen molar-refractivity contribution >= 4 is 27.3 Å². The van der Waals surface area contributed by atoms with E-state index in [2.05, 4.69) is 9.71 Å². The van der Waals surface area contributed by atoms with Gasteiger partial charge in [-0.3, -0.25) is 0 Å². The summed E-state index contributed by atoms with van der Waals surface area (Å²) >= 11 is 1.41. The molecule has 0 aliphatic rings. The van der Waals surface area contributed by atoms with E-state index in [1.807, 2.05) is 24.3 Å². The minimum Gasteiger partial charge on any atom is -0.496 e. The molecule has 0 fully saturated rings. The number of esters is 1. The summed E-state index contributed by atoms with van der Waals surface area (Å²) in [6.07, 6.45) is 0. The van der Waals surface area contributed by atoms with Crippen molar-refractivity contribution in [2.75, 3.05) is 21.3 Å². The van der Waals surface area contributed by atoms with Gasteiger partial charge < -0.3 is 14.2 Å². The van der Waals surface area contributed by atoms with E-state index >= 15 is 0 Å². The topological polar surface area (TPSA) is 104 Å². The zero-order valence-corrected chi connectivity index (χ0v) is 18.2. The second-order valence-corrected chi connectivity index (χ2v) is 8.71. The quantitative estimate of drug-likeness (QED) is 0.528. The number of benzene rings is 2. The van der Waals surface area contributed by atoms with Crippen molar-refractivity contribution in [3.63, 3.8) is 0 Å². The van der Waals surface area contributed by atoms with E-state index in [9.17, 15) is 13.2 Å². The van der Waals surface area contributed by atoms with Gasteiger partial charge in [-0.2, -0.15) is 0 Å². The van der Waals surface area contributed by atoms with E-state index < -0.39 is 16.0 Å². The van der Waals surface area contributed by atoms with E-state index in [0.29, 0.717) is 11.4 Å². The van der Waals surface area contributed by atoms with Crippen LogP contribution in [0.3, 0.4) is 0 Å². The summed E-state index contributed by atoms with van der Waals surface area (Å²) < 4.78 is 42.3.